The number of aliphatic hydroxyl groups excluding tert-OH is 2. The molecule has 58 heavy (non-hydrogen) atoms. The molecule has 0 saturated heterocycles. The maximum absolute atomic E-state index is 12.4. The van der Waals surface area contributed by atoms with Gasteiger partial charge in [0.15, 0.2) is 0 Å². The topological polar surface area (TPSA) is 95.9 Å². The molecule has 0 bridgehead atoms. The number of hydrogen-bond donors (Lipinski definition) is 3. The maximum Gasteiger partial charge on any atom is 0.305 e. The summed E-state index contributed by atoms with van der Waals surface area (Å²) in [6, 6.07) is -0.635. The van der Waals surface area contributed by atoms with E-state index in [0.717, 1.165) is 57.8 Å². The van der Waals surface area contributed by atoms with E-state index >= 15 is 0 Å². The Morgan fingerprint density at radius 2 is 0.793 bits per heavy atom. The fraction of sp³-hybridized carbons (Fsp3) is 0.923. The quantitative estimate of drug-likeness (QED) is 0.0323. The molecule has 0 spiro atoms. The van der Waals surface area contributed by atoms with Crippen LogP contribution in [0, 0.1) is 0 Å². The van der Waals surface area contributed by atoms with E-state index in [2.05, 4.69) is 19.2 Å². The standard InChI is InChI=1S/C52H101NO5/c1-3-5-7-9-11-13-15-17-18-22-26-30-34-38-42-46-52(57)58-47-43-39-35-31-27-23-19-21-25-29-33-37-41-45-51(56)53-49(48-54)50(55)44-40-36-32-28-24-20-16-14-12-10-8-6-4-2/h40,44,49-50,54-55H,3-39,41-43,45-48H2,1-2H3,(H,53,56)/b44-40+. The van der Waals surface area contributed by atoms with E-state index in [-0.39, 0.29) is 18.5 Å². The number of allylic oxidation sites excluding steroid dienone is 1. The second kappa shape index (κ2) is 48.3. The first-order valence-electron chi connectivity index (χ1n) is 26.0. The molecule has 0 fully saturated rings. The van der Waals surface area contributed by atoms with Gasteiger partial charge in [-0.3, -0.25) is 9.59 Å². The third kappa shape index (κ3) is 44.2. The number of rotatable bonds is 48. The van der Waals surface area contributed by atoms with Crippen molar-refractivity contribution in [3.8, 4) is 0 Å². The molecule has 0 aliphatic heterocycles. The Hall–Kier alpha value is -1.40. The summed E-state index contributed by atoms with van der Waals surface area (Å²) in [5, 5.41) is 23.0. The van der Waals surface area contributed by atoms with Crippen molar-refractivity contribution in [2.45, 2.75) is 296 Å². The lowest BCUT2D eigenvalue weighted by atomic mass is 10.0. The van der Waals surface area contributed by atoms with Crippen LogP contribution in [0.4, 0.5) is 0 Å². The maximum atomic E-state index is 12.4. The van der Waals surface area contributed by atoms with Crippen LogP contribution in [0.2, 0.25) is 0 Å². The molecule has 0 aromatic heterocycles. The van der Waals surface area contributed by atoms with Gasteiger partial charge in [-0.15, -0.1) is 0 Å². The van der Waals surface area contributed by atoms with Crippen LogP contribution < -0.4 is 5.32 Å². The lowest BCUT2D eigenvalue weighted by Crippen LogP contribution is -2.45. The summed E-state index contributed by atoms with van der Waals surface area (Å²) >= 11 is 0. The van der Waals surface area contributed by atoms with Crippen LogP contribution in [0.5, 0.6) is 0 Å². The summed E-state index contributed by atoms with van der Waals surface area (Å²) in [5.74, 6) is -0.0841. The number of carbonyl (C=O) groups is 2. The van der Waals surface area contributed by atoms with Crippen LogP contribution in [-0.4, -0.2) is 47.4 Å². The van der Waals surface area contributed by atoms with E-state index in [1.807, 2.05) is 6.08 Å². The van der Waals surface area contributed by atoms with Gasteiger partial charge in [0.25, 0.3) is 0 Å². The Morgan fingerprint density at radius 3 is 1.17 bits per heavy atom. The smallest absolute Gasteiger partial charge is 0.305 e. The largest absolute Gasteiger partial charge is 0.466 e. The molecule has 0 saturated carbocycles. The number of esters is 1. The number of nitrogens with one attached hydrogen (secondary N) is 1. The van der Waals surface area contributed by atoms with Crippen LogP contribution in [0.15, 0.2) is 12.2 Å². The molecule has 344 valence electrons. The van der Waals surface area contributed by atoms with Crippen molar-refractivity contribution >= 4 is 11.9 Å². The van der Waals surface area contributed by atoms with Crippen LogP contribution >= 0.6 is 0 Å². The molecule has 6 heteroatoms. The van der Waals surface area contributed by atoms with Gasteiger partial charge in [0.2, 0.25) is 5.91 Å². The number of ether oxygens (including phenoxy) is 1. The van der Waals surface area contributed by atoms with Crippen molar-refractivity contribution in [3.63, 3.8) is 0 Å². The van der Waals surface area contributed by atoms with Gasteiger partial charge in [-0.25, -0.2) is 0 Å². The molecule has 0 aromatic rings. The van der Waals surface area contributed by atoms with Gasteiger partial charge in [0.05, 0.1) is 25.4 Å². The SMILES string of the molecule is CCCCCCCCCCCCC/C=C/C(O)C(CO)NC(=O)CCCCCCCCCCCCCCCOC(=O)CCCCCCCCCCCCCCCCC. The predicted molar refractivity (Wildman–Crippen MR) is 250 cm³/mol. The molecule has 2 atom stereocenters. The van der Waals surface area contributed by atoms with Gasteiger partial charge in [-0.2, -0.15) is 0 Å². The molecule has 0 aromatic carbocycles. The van der Waals surface area contributed by atoms with Crippen LogP contribution in [0.25, 0.3) is 0 Å². The molecule has 0 rings (SSSR count). The monoisotopic (exact) mass is 820 g/mol. The molecular formula is C52H101NO5. The van der Waals surface area contributed by atoms with Crippen molar-refractivity contribution in [2.75, 3.05) is 13.2 Å². The van der Waals surface area contributed by atoms with Gasteiger partial charge in [0.1, 0.15) is 0 Å². The molecule has 0 radical (unpaired) electrons. The van der Waals surface area contributed by atoms with Crippen molar-refractivity contribution in [2.24, 2.45) is 0 Å². The number of amides is 1. The predicted octanol–water partition coefficient (Wildman–Crippen LogP) is 15.3. The Labute approximate surface area is 361 Å². The summed E-state index contributed by atoms with van der Waals surface area (Å²) in [6.45, 7) is 4.88. The van der Waals surface area contributed by atoms with Gasteiger partial charge >= 0.3 is 5.97 Å². The van der Waals surface area contributed by atoms with Crippen LogP contribution in [-0.2, 0) is 14.3 Å². The Balaban J connectivity index is 3.46. The molecule has 6 nitrogen and oxygen atoms in total. The fourth-order valence-corrected chi connectivity index (χ4v) is 8.05. The lowest BCUT2D eigenvalue weighted by molar-refractivity contribution is -0.143. The molecule has 2 unspecified atom stereocenters. The molecule has 0 aliphatic carbocycles. The number of hydrogen-bond acceptors (Lipinski definition) is 5. The van der Waals surface area contributed by atoms with Crippen molar-refractivity contribution in [1.29, 1.82) is 0 Å². The van der Waals surface area contributed by atoms with E-state index in [9.17, 15) is 19.8 Å². The summed E-state index contributed by atoms with van der Waals surface area (Å²) in [4.78, 5) is 24.4. The van der Waals surface area contributed by atoms with Crippen LogP contribution in [0.3, 0.4) is 0 Å². The van der Waals surface area contributed by atoms with E-state index < -0.39 is 12.1 Å². The minimum absolute atomic E-state index is 0.00396. The first-order valence-corrected chi connectivity index (χ1v) is 26.0. The second-order valence-corrected chi connectivity index (χ2v) is 17.9. The molecule has 3 N–H and O–H groups in total. The molecule has 0 aliphatic rings. The number of aliphatic hydroxyl groups is 2. The molecule has 0 heterocycles. The highest BCUT2D eigenvalue weighted by molar-refractivity contribution is 5.76. The van der Waals surface area contributed by atoms with E-state index in [1.165, 1.54) is 199 Å². The minimum Gasteiger partial charge on any atom is -0.466 e. The van der Waals surface area contributed by atoms with E-state index in [1.54, 1.807) is 6.08 Å². The molecular weight excluding hydrogens is 719 g/mol. The summed E-state index contributed by atoms with van der Waals surface area (Å²) in [6.07, 6.45) is 54.9. The minimum atomic E-state index is -0.851. The first kappa shape index (κ1) is 56.6. The van der Waals surface area contributed by atoms with Gasteiger partial charge < -0.3 is 20.3 Å². The highest BCUT2D eigenvalue weighted by Crippen LogP contribution is 2.16. The normalized spacial score (nSPS) is 12.7. The Morgan fingerprint density at radius 1 is 0.466 bits per heavy atom. The fourth-order valence-electron chi connectivity index (χ4n) is 8.05. The summed E-state index contributed by atoms with van der Waals surface area (Å²) in [7, 11) is 0. The zero-order chi connectivity index (χ0) is 42.3. The van der Waals surface area contributed by atoms with Crippen LogP contribution in [0.1, 0.15) is 284 Å². The summed E-state index contributed by atoms with van der Waals surface area (Å²) < 4.78 is 5.47. The van der Waals surface area contributed by atoms with E-state index in [4.69, 9.17) is 4.74 Å². The van der Waals surface area contributed by atoms with Gasteiger partial charge in [-0.1, -0.05) is 251 Å². The van der Waals surface area contributed by atoms with Crippen molar-refractivity contribution < 1.29 is 24.5 Å². The Bertz CT molecular complexity index is 863. The van der Waals surface area contributed by atoms with Gasteiger partial charge in [0, 0.05) is 12.8 Å². The van der Waals surface area contributed by atoms with Crippen molar-refractivity contribution in [3.05, 3.63) is 12.2 Å². The Kier molecular flexibility index (Phi) is 47.1. The average molecular weight is 820 g/mol. The van der Waals surface area contributed by atoms with E-state index in [0.29, 0.717) is 19.4 Å². The third-order valence-corrected chi connectivity index (χ3v) is 12.1. The first-order chi connectivity index (χ1) is 28.5. The van der Waals surface area contributed by atoms with Gasteiger partial charge in [-0.05, 0) is 32.1 Å². The number of carbonyl (C=O) groups excluding carboxylic acids is 2. The zero-order valence-electron chi connectivity index (χ0n) is 39.0. The highest BCUT2D eigenvalue weighted by atomic mass is 16.5. The summed E-state index contributed by atoms with van der Waals surface area (Å²) in [5.41, 5.74) is 0. The highest BCUT2D eigenvalue weighted by Gasteiger charge is 2.18. The average Bonchev–Trinajstić information content (AvgIpc) is 3.22. The van der Waals surface area contributed by atoms with Crippen molar-refractivity contribution in [1.82, 2.24) is 5.32 Å². The third-order valence-electron chi connectivity index (χ3n) is 12.1. The zero-order valence-corrected chi connectivity index (χ0v) is 39.0. The molecule has 1 amide bonds. The lowest BCUT2D eigenvalue weighted by Gasteiger charge is -2.20. The second-order valence-electron chi connectivity index (χ2n) is 17.9. The number of unbranched alkanes of at least 4 members (excludes halogenated alkanes) is 37.